The van der Waals surface area contributed by atoms with Crippen LogP contribution in [0.5, 0.6) is 0 Å². The van der Waals surface area contributed by atoms with Crippen molar-refractivity contribution >= 4 is 11.8 Å². The average molecular weight is 282 g/mol. The van der Waals surface area contributed by atoms with E-state index in [1.165, 1.54) is 13.0 Å². The first-order valence-corrected chi connectivity index (χ1v) is 6.49. The summed E-state index contributed by atoms with van der Waals surface area (Å²) in [6.45, 7) is 2.43. The highest BCUT2D eigenvalue weighted by atomic mass is 19.2. The molecule has 1 aliphatic rings. The molecule has 0 aromatic heterocycles. The van der Waals surface area contributed by atoms with E-state index in [1.807, 2.05) is 0 Å². The first kappa shape index (κ1) is 14.4. The maximum Gasteiger partial charge on any atom is 0.253 e. The lowest BCUT2D eigenvalue weighted by Gasteiger charge is -2.32. The zero-order valence-corrected chi connectivity index (χ0v) is 11.2. The van der Waals surface area contributed by atoms with Crippen LogP contribution in [0.4, 0.5) is 8.78 Å². The molecular formula is C14H16F2N2O2. The highest BCUT2D eigenvalue weighted by Crippen LogP contribution is 2.16. The van der Waals surface area contributed by atoms with Crippen LogP contribution in [-0.4, -0.2) is 35.8 Å². The van der Waals surface area contributed by atoms with Crippen molar-refractivity contribution < 1.29 is 18.4 Å². The number of nitrogens with one attached hydrogen (secondary N) is 1. The Morgan fingerprint density at radius 3 is 2.40 bits per heavy atom. The van der Waals surface area contributed by atoms with Crippen molar-refractivity contribution in [2.45, 2.75) is 25.8 Å². The molecule has 1 aromatic carbocycles. The van der Waals surface area contributed by atoms with Gasteiger partial charge in [-0.2, -0.15) is 0 Å². The summed E-state index contributed by atoms with van der Waals surface area (Å²) in [4.78, 5) is 24.7. The predicted octanol–water partition coefficient (Wildman–Crippen LogP) is 1.71. The number of benzene rings is 1. The van der Waals surface area contributed by atoms with Crippen molar-refractivity contribution in [3.05, 3.63) is 35.4 Å². The Hall–Kier alpha value is -1.98. The molecule has 6 heteroatoms. The minimum atomic E-state index is -1.02. The number of likely N-dealkylation sites (tertiary alicyclic amines) is 1. The van der Waals surface area contributed by atoms with Crippen LogP contribution in [0.2, 0.25) is 0 Å². The first-order valence-electron chi connectivity index (χ1n) is 6.49. The van der Waals surface area contributed by atoms with Gasteiger partial charge in [0.25, 0.3) is 5.91 Å². The zero-order chi connectivity index (χ0) is 14.7. The first-order chi connectivity index (χ1) is 9.47. The highest BCUT2D eigenvalue weighted by molar-refractivity contribution is 5.94. The third-order valence-corrected chi connectivity index (χ3v) is 3.36. The Balaban J connectivity index is 1.97. The molecule has 0 atom stereocenters. The van der Waals surface area contributed by atoms with Gasteiger partial charge in [-0.15, -0.1) is 0 Å². The van der Waals surface area contributed by atoms with Gasteiger partial charge in [-0.05, 0) is 31.0 Å². The number of rotatable bonds is 2. The molecule has 1 N–H and O–H groups in total. The second kappa shape index (κ2) is 5.98. The number of hydrogen-bond donors (Lipinski definition) is 1. The SMILES string of the molecule is CC(=O)NC1CCN(C(=O)c2ccc(F)c(F)c2)CC1. The monoisotopic (exact) mass is 282 g/mol. The number of amides is 2. The van der Waals surface area contributed by atoms with Crippen molar-refractivity contribution in [1.82, 2.24) is 10.2 Å². The minimum absolute atomic E-state index is 0.0708. The van der Waals surface area contributed by atoms with E-state index in [1.54, 1.807) is 4.90 Å². The fourth-order valence-electron chi connectivity index (χ4n) is 2.33. The van der Waals surface area contributed by atoms with Gasteiger partial charge < -0.3 is 10.2 Å². The van der Waals surface area contributed by atoms with Crippen LogP contribution in [0.15, 0.2) is 18.2 Å². The zero-order valence-electron chi connectivity index (χ0n) is 11.2. The Morgan fingerprint density at radius 2 is 1.85 bits per heavy atom. The van der Waals surface area contributed by atoms with Gasteiger partial charge in [0.15, 0.2) is 11.6 Å². The Bertz CT molecular complexity index is 526. The van der Waals surface area contributed by atoms with Gasteiger partial charge in [-0.3, -0.25) is 9.59 Å². The fraction of sp³-hybridized carbons (Fsp3) is 0.429. The van der Waals surface area contributed by atoms with E-state index >= 15 is 0 Å². The maximum absolute atomic E-state index is 13.1. The van der Waals surface area contributed by atoms with Gasteiger partial charge in [-0.25, -0.2) is 8.78 Å². The Labute approximate surface area is 115 Å². The van der Waals surface area contributed by atoms with Crippen LogP contribution in [0, 0.1) is 11.6 Å². The number of piperidine rings is 1. The highest BCUT2D eigenvalue weighted by Gasteiger charge is 2.24. The lowest BCUT2D eigenvalue weighted by Crippen LogP contribution is -2.46. The molecule has 1 aromatic rings. The van der Waals surface area contributed by atoms with Crippen LogP contribution < -0.4 is 5.32 Å². The second-order valence-corrected chi connectivity index (χ2v) is 4.90. The molecule has 0 bridgehead atoms. The van der Waals surface area contributed by atoms with E-state index in [2.05, 4.69) is 5.32 Å². The molecule has 2 rings (SSSR count). The summed E-state index contributed by atoms with van der Waals surface area (Å²) >= 11 is 0. The predicted molar refractivity (Wildman–Crippen MR) is 69.1 cm³/mol. The third-order valence-electron chi connectivity index (χ3n) is 3.36. The molecule has 0 radical (unpaired) electrons. The average Bonchev–Trinajstić information content (AvgIpc) is 2.41. The Kier molecular flexibility index (Phi) is 4.32. The third kappa shape index (κ3) is 3.31. The summed E-state index contributed by atoms with van der Waals surface area (Å²) in [5, 5.41) is 2.81. The minimum Gasteiger partial charge on any atom is -0.353 e. The van der Waals surface area contributed by atoms with Crippen LogP contribution in [0.1, 0.15) is 30.1 Å². The Morgan fingerprint density at radius 1 is 1.20 bits per heavy atom. The smallest absolute Gasteiger partial charge is 0.253 e. The van der Waals surface area contributed by atoms with Crippen molar-refractivity contribution in [2.24, 2.45) is 0 Å². The largest absolute Gasteiger partial charge is 0.353 e. The molecule has 1 saturated heterocycles. The van der Waals surface area contributed by atoms with Crippen LogP contribution in [0.3, 0.4) is 0 Å². The molecule has 2 amide bonds. The summed E-state index contributed by atoms with van der Waals surface area (Å²) in [7, 11) is 0. The van der Waals surface area contributed by atoms with Crippen LogP contribution in [0.25, 0.3) is 0 Å². The standard InChI is InChI=1S/C14H16F2N2O2/c1-9(19)17-11-4-6-18(7-5-11)14(20)10-2-3-12(15)13(16)8-10/h2-3,8,11H,4-7H2,1H3,(H,17,19). The molecule has 4 nitrogen and oxygen atoms in total. The maximum atomic E-state index is 13.1. The van der Waals surface area contributed by atoms with Crippen LogP contribution in [-0.2, 0) is 4.79 Å². The van der Waals surface area contributed by atoms with E-state index in [4.69, 9.17) is 0 Å². The molecule has 0 aliphatic carbocycles. The van der Waals surface area contributed by atoms with Crippen molar-refractivity contribution in [3.63, 3.8) is 0 Å². The van der Waals surface area contributed by atoms with Crippen molar-refractivity contribution in [2.75, 3.05) is 13.1 Å². The van der Waals surface area contributed by atoms with Gasteiger partial charge in [0, 0.05) is 31.6 Å². The van der Waals surface area contributed by atoms with Gasteiger partial charge in [0.05, 0.1) is 0 Å². The van der Waals surface area contributed by atoms with Crippen molar-refractivity contribution in [3.8, 4) is 0 Å². The molecule has 0 saturated carbocycles. The van der Waals surface area contributed by atoms with E-state index in [9.17, 15) is 18.4 Å². The topological polar surface area (TPSA) is 49.4 Å². The molecule has 0 unspecified atom stereocenters. The normalized spacial score (nSPS) is 16.1. The van der Waals surface area contributed by atoms with E-state index < -0.39 is 11.6 Å². The molecule has 108 valence electrons. The van der Waals surface area contributed by atoms with Gasteiger partial charge in [0.2, 0.25) is 5.91 Å². The van der Waals surface area contributed by atoms with E-state index in [0.717, 1.165) is 12.1 Å². The summed E-state index contributed by atoms with van der Waals surface area (Å²) in [5.41, 5.74) is 0.141. The molecular weight excluding hydrogens is 266 g/mol. The summed E-state index contributed by atoms with van der Waals surface area (Å²) in [5.74, 6) is -2.39. The van der Waals surface area contributed by atoms with Crippen molar-refractivity contribution in [1.29, 1.82) is 0 Å². The van der Waals surface area contributed by atoms with Crippen LogP contribution >= 0.6 is 0 Å². The quantitative estimate of drug-likeness (QED) is 0.897. The number of halogens is 2. The van der Waals surface area contributed by atoms with Gasteiger partial charge >= 0.3 is 0 Å². The number of carbonyl (C=O) groups is 2. The van der Waals surface area contributed by atoms with Gasteiger partial charge in [-0.1, -0.05) is 0 Å². The molecule has 1 fully saturated rings. The summed E-state index contributed by atoms with van der Waals surface area (Å²) in [6.07, 6.45) is 1.32. The summed E-state index contributed by atoms with van der Waals surface area (Å²) in [6, 6.07) is 3.21. The lowest BCUT2D eigenvalue weighted by molar-refractivity contribution is -0.119. The molecule has 1 heterocycles. The lowest BCUT2D eigenvalue weighted by atomic mass is 10.0. The molecule has 0 spiro atoms. The van der Waals surface area contributed by atoms with E-state index in [-0.39, 0.29) is 23.4 Å². The molecule has 20 heavy (non-hydrogen) atoms. The summed E-state index contributed by atoms with van der Waals surface area (Å²) < 4.78 is 26.0. The molecule has 1 aliphatic heterocycles. The second-order valence-electron chi connectivity index (χ2n) is 4.90. The van der Waals surface area contributed by atoms with Gasteiger partial charge in [0.1, 0.15) is 0 Å². The number of nitrogens with zero attached hydrogens (tertiary/aromatic N) is 1. The fourth-order valence-corrected chi connectivity index (χ4v) is 2.33. The number of carbonyl (C=O) groups excluding carboxylic acids is 2. The number of hydrogen-bond acceptors (Lipinski definition) is 2. The van der Waals surface area contributed by atoms with E-state index in [0.29, 0.717) is 25.9 Å².